The van der Waals surface area contributed by atoms with Crippen LogP contribution in [0, 0.1) is 18.3 Å². The van der Waals surface area contributed by atoms with Gasteiger partial charge in [0, 0.05) is 61.8 Å². The van der Waals surface area contributed by atoms with Crippen LogP contribution in [0.25, 0.3) is 22.3 Å². The second-order valence-corrected chi connectivity index (χ2v) is 11.8. The van der Waals surface area contributed by atoms with Crippen LogP contribution in [0.2, 0.25) is 0 Å². The molecule has 2 aromatic heterocycles. The van der Waals surface area contributed by atoms with Gasteiger partial charge in [0.05, 0.1) is 17.6 Å². The Labute approximate surface area is 263 Å². The maximum absolute atomic E-state index is 13.9. The molecule has 0 N–H and O–H groups in total. The average molecular weight is 609 g/mol. The summed E-state index contributed by atoms with van der Waals surface area (Å²) in [5.74, 6) is 1.61. The minimum absolute atomic E-state index is 0.0144. The van der Waals surface area contributed by atoms with E-state index in [1.807, 2.05) is 76.0 Å². The number of hydrogen-bond donors (Lipinski definition) is 0. The quantitative estimate of drug-likeness (QED) is 0.331. The van der Waals surface area contributed by atoms with Gasteiger partial charge in [0.1, 0.15) is 36.9 Å². The van der Waals surface area contributed by atoms with Crippen LogP contribution in [0.5, 0.6) is 5.75 Å². The first-order valence-electron chi connectivity index (χ1n) is 15.9. The van der Waals surface area contributed by atoms with E-state index >= 15 is 0 Å². The number of carbonyl (C=O) groups is 2. The second kappa shape index (κ2) is 14.0. The average Bonchev–Trinajstić information content (AvgIpc) is 3.81. The number of aryl methyl sites for hydroxylation is 1. The Balaban J connectivity index is 1.24. The zero-order chi connectivity index (χ0) is 31.2. The van der Waals surface area contributed by atoms with Gasteiger partial charge in [-0.25, -0.2) is 4.98 Å². The molecule has 0 unspecified atom stereocenters. The van der Waals surface area contributed by atoms with Gasteiger partial charge in [-0.3, -0.25) is 9.59 Å². The molecule has 2 aliphatic rings. The number of ether oxygens (including phenoxy) is 2. The van der Waals surface area contributed by atoms with Gasteiger partial charge in [0.25, 0.3) is 5.91 Å². The number of benzene rings is 2. The topological polar surface area (TPSA) is 106 Å². The van der Waals surface area contributed by atoms with Crippen LogP contribution in [0.15, 0.2) is 60.9 Å². The Morgan fingerprint density at radius 2 is 1.78 bits per heavy atom. The highest BCUT2D eigenvalue weighted by atomic mass is 16.5. The molecule has 4 heterocycles. The van der Waals surface area contributed by atoms with E-state index in [1.165, 1.54) is 0 Å². The fourth-order valence-electron chi connectivity index (χ4n) is 6.47. The van der Waals surface area contributed by atoms with Crippen LogP contribution in [0.4, 0.5) is 0 Å². The maximum atomic E-state index is 13.9. The first kappa shape index (κ1) is 30.4. The van der Waals surface area contributed by atoms with Gasteiger partial charge >= 0.3 is 0 Å². The highest BCUT2D eigenvalue weighted by molar-refractivity contribution is 5.89. The summed E-state index contributed by atoms with van der Waals surface area (Å²) in [6.45, 7) is 5.97. The van der Waals surface area contributed by atoms with Crippen molar-refractivity contribution >= 4 is 22.7 Å². The van der Waals surface area contributed by atoms with Crippen molar-refractivity contribution in [3.8, 4) is 23.2 Å². The molecule has 45 heavy (non-hydrogen) atoms. The number of rotatable bonds is 3. The number of nitrogens with zero attached hydrogens (tertiary/aromatic N) is 6. The summed E-state index contributed by atoms with van der Waals surface area (Å²) in [5, 5.41) is 10.7. The van der Waals surface area contributed by atoms with Gasteiger partial charge < -0.3 is 28.4 Å². The summed E-state index contributed by atoms with van der Waals surface area (Å²) in [6.07, 6.45) is 7.28. The van der Waals surface area contributed by atoms with Crippen LogP contribution in [0.1, 0.15) is 43.4 Å². The van der Waals surface area contributed by atoms with Crippen molar-refractivity contribution in [1.29, 1.82) is 5.26 Å². The number of nitriles is 1. The summed E-state index contributed by atoms with van der Waals surface area (Å²) in [5.41, 5.74) is 3.25. The highest BCUT2D eigenvalue weighted by Crippen LogP contribution is 2.26. The molecule has 0 aliphatic carbocycles. The molecule has 1 atom stereocenters. The Bertz CT molecular complexity index is 1700. The minimum Gasteiger partial charge on any atom is -0.492 e. The third kappa shape index (κ3) is 6.74. The van der Waals surface area contributed by atoms with Crippen molar-refractivity contribution in [2.24, 2.45) is 0 Å². The Morgan fingerprint density at radius 3 is 2.60 bits per heavy atom. The Hall–Kier alpha value is -4.62. The lowest BCUT2D eigenvalue weighted by Crippen LogP contribution is -2.42. The van der Waals surface area contributed by atoms with Crippen LogP contribution in [0.3, 0.4) is 0 Å². The first-order valence-corrected chi connectivity index (χ1v) is 15.9. The van der Waals surface area contributed by atoms with Gasteiger partial charge in [-0.05, 0) is 57.2 Å². The van der Waals surface area contributed by atoms with E-state index in [0.29, 0.717) is 51.5 Å². The van der Waals surface area contributed by atoms with Crippen molar-refractivity contribution in [2.75, 3.05) is 39.4 Å². The van der Waals surface area contributed by atoms with Crippen molar-refractivity contribution in [2.45, 2.75) is 58.2 Å². The molecule has 234 valence electrons. The maximum Gasteiger partial charge on any atom is 0.251 e. The molecule has 2 amide bonds. The monoisotopic (exact) mass is 608 g/mol. The van der Waals surface area contributed by atoms with E-state index in [-0.39, 0.29) is 18.4 Å². The fourth-order valence-corrected chi connectivity index (χ4v) is 6.47. The summed E-state index contributed by atoms with van der Waals surface area (Å²) >= 11 is 0. The number of amides is 2. The lowest BCUT2D eigenvalue weighted by Gasteiger charge is -2.27. The number of imidazole rings is 1. The van der Waals surface area contributed by atoms with Gasteiger partial charge in [-0.1, -0.05) is 30.3 Å². The fraction of sp³-hybridized carbons (Fsp3) is 0.429. The molecule has 2 aliphatic heterocycles. The molecule has 0 radical (unpaired) electrons. The zero-order valence-corrected chi connectivity index (χ0v) is 25.9. The van der Waals surface area contributed by atoms with Crippen LogP contribution in [-0.4, -0.2) is 81.2 Å². The molecule has 10 nitrogen and oxygen atoms in total. The lowest BCUT2D eigenvalue weighted by molar-refractivity contribution is -0.141. The number of hydrogen-bond acceptors (Lipinski definition) is 6. The first-order chi connectivity index (χ1) is 22.0. The minimum atomic E-state index is -0.391. The Kier molecular flexibility index (Phi) is 9.46. The zero-order valence-electron chi connectivity index (χ0n) is 25.9. The number of carbonyl (C=O) groups excluding carboxylic acids is 2. The van der Waals surface area contributed by atoms with Gasteiger partial charge in [-0.15, -0.1) is 0 Å². The van der Waals surface area contributed by atoms with E-state index in [2.05, 4.69) is 15.6 Å². The molecule has 10 heteroatoms. The van der Waals surface area contributed by atoms with Crippen LogP contribution in [-0.2, 0) is 27.4 Å². The third-order valence-corrected chi connectivity index (χ3v) is 8.88. The smallest absolute Gasteiger partial charge is 0.251 e. The molecule has 6 rings (SSSR count). The van der Waals surface area contributed by atoms with Crippen molar-refractivity contribution in [3.05, 3.63) is 72.2 Å². The molecule has 1 fully saturated rings. The SMILES string of the molecule is Cc1c(C#N)c2ccccc2n1CC(=O)N1CCCCN(C(=O)[C@H]2CCCO2)CCOc2cccc(c2)-c2nccn2CCC1. The molecule has 4 aromatic rings. The summed E-state index contributed by atoms with van der Waals surface area (Å²) in [6, 6.07) is 18.0. The van der Waals surface area contributed by atoms with E-state index in [9.17, 15) is 14.9 Å². The number of fused-ring (bicyclic) bond motifs is 5. The summed E-state index contributed by atoms with van der Waals surface area (Å²) in [4.78, 5) is 35.7. The number of para-hydroxylation sites is 1. The standard InChI is InChI=1S/C35H40N6O4/c1-26-30(24-36)29-11-2-3-12-31(29)41(26)25-33(42)38-15-4-5-16-40(35(43)32-13-7-21-45-32)20-22-44-28-10-6-9-27(23-28)34-37-14-19-39(34)18-8-17-38/h2-3,6,9-12,14,19,23,32H,4-5,7-8,13,15-18,20-22,25H2,1H3/t32-/m1/s1. The van der Waals surface area contributed by atoms with Crippen molar-refractivity contribution < 1.29 is 19.1 Å². The normalized spacial score (nSPS) is 18.2. The molecule has 0 saturated carbocycles. The molecule has 0 spiro atoms. The van der Waals surface area contributed by atoms with Crippen molar-refractivity contribution in [3.63, 3.8) is 0 Å². The van der Waals surface area contributed by atoms with Crippen molar-refractivity contribution in [1.82, 2.24) is 23.9 Å². The van der Waals surface area contributed by atoms with Crippen LogP contribution >= 0.6 is 0 Å². The van der Waals surface area contributed by atoms with Crippen LogP contribution < -0.4 is 4.74 Å². The largest absolute Gasteiger partial charge is 0.492 e. The summed E-state index contributed by atoms with van der Waals surface area (Å²) < 4.78 is 15.9. The molecular weight excluding hydrogens is 568 g/mol. The molecule has 1 saturated heterocycles. The van der Waals surface area contributed by atoms with E-state index in [4.69, 9.17) is 9.47 Å². The molecule has 2 bridgehead atoms. The molecular formula is C35H40N6O4. The molecule has 2 aromatic carbocycles. The van der Waals surface area contributed by atoms with Gasteiger partial charge in [-0.2, -0.15) is 5.26 Å². The predicted octanol–water partition coefficient (Wildman–Crippen LogP) is 4.78. The van der Waals surface area contributed by atoms with Gasteiger partial charge in [0.15, 0.2) is 0 Å². The Morgan fingerprint density at radius 1 is 0.956 bits per heavy atom. The summed E-state index contributed by atoms with van der Waals surface area (Å²) in [7, 11) is 0. The van der Waals surface area contributed by atoms with Gasteiger partial charge in [0.2, 0.25) is 5.91 Å². The highest BCUT2D eigenvalue weighted by Gasteiger charge is 2.28. The number of aromatic nitrogens is 3. The lowest BCUT2D eigenvalue weighted by atomic mass is 10.1. The second-order valence-electron chi connectivity index (χ2n) is 11.8. The predicted molar refractivity (Wildman–Crippen MR) is 171 cm³/mol. The van der Waals surface area contributed by atoms with E-state index in [1.54, 1.807) is 6.20 Å². The third-order valence-electron chi connectivity index (χ3n) is 8.88. The van der Waals surface area contributed by atoms with E-state index < -0.39 is 6.10 Å². The van der Waals surface area contributed by atoms with E-state index in [0.717, 1.165) is 65.8 Å².